The number of nitrogens with zero attached hydrogens (tertiary/aromatic N) is 4. The quantitative estimate of drug-likeness (QED) is 0.414. The molecule has 2 aliphatic carbocycles. The fourth-order valence-electron chi connectivity index (χ4n) is 8.08. The molecule has 4 bridgehead atoms. The Hall–Kier alpha value is -2.78. The molecule has 4 aliphatic rings. The number of fused-ring (bicyclic) bond motifs is 5. The number of ether oxygens (including phenoxy) is 1. The molecule has 0 radical (unpaired) electrons. The molecule has 6 rings (SSSR count). The molecule has 39 heavy (non-hydrogen) atoms. The molecule has 0 amide bonds. The summed E-state index contributed by atoms with van der Waals surface area (Å²) in [7, 11) is 1.40. The standard InChI is InChI=1S/C30H40N4O5/c1-38-32-26(10-11-28(35)36)29-30(37)34(27-9-5-4-8-25(27)31-29)22-15-23-17-39-18-24(16-22)33(23)21-13-19-6-2-3-7-20(12-19)14-21/h4-5,8-9,19-24H,2-3,6-7,10-18H2,1H3,(H,35,36)/t19-,20?,21+,23+,24+/m1/s1. The second kappa shape index (κ2) is 11.4. The van der Waals surface area contributed by atoms with Gasteiger partial charge in [-0.2, -0.15) is 0 Å². The highest BCUT2D eigenvalue weighted by Gasteiger charge is 2.45. The van der Waals surface area contributed by atoms with Gasteiger partial charge >= 0.3 is 5.97 Å². The molecule has 2 aromatic rings. The lowest BCUT2D eigenvalue weighted by atomic mass is 9.75. The summed E-state index contributed by atoms with van der Waals surface area (Å²) in [5.74, 6) is 0.756. The number of carboxylic acid groups (broad SMARTS) is 1. The minimum Gasteiger partial charge on any atom is -0.481 e. The van der Waals surface area contributed by atoms with E-state index in [4.69, 9.17) is 9.57 Å². The van der Waals surface area contributed by atoms with Crippen molar-refractivity contribution in [3.63, 3.8) is 0 Å². The number of oxime groups is 1. The van der Waals surface area contributed by atoms with Crippen LogP contribution in [-0.2, 0) is 14.4 Å². The highest BCUT2D eigenvalue weighted by molar-refractivity contribution is 6.00. The first-order valence-electron chi connectivity index (χ1n) is 14.7. The number of para-hydroxylation sites is 2. The van der Waals surface area contributed by atoms with Gasteiger partial charge < -0.3 is 19.2 Å². The van der Waals surface area contributed by atoms with E-state index in [9.17, 15) is 14.7 Å². The molecule has 0 spiro atoms. The zero-order chi connectivity index (χ0) is 26.9. The topological polar surface area (TPSA) is 106 Å². The lowest BCUT2D eigenvalue weighted by molar-refractivity contribution is -0.136. The van der Waals surface area contributed by atoms with Gasteiger partial charge in [0, 0.05) is 30.6 Å². The first-order chi connectivity index (χ1) is 19.0. The van der Waals surface area contributed by atoms with Crippen LogP contribution in [0.1, 0.15) is 82.4 Å². The van der Waals surface area contributed by atoms with Gasteiger partial charge in [0.05, 0.1) is 30.7 Å². The van der Waals surface area contributed by atoms with Crippen molar-refractivity contribution in [2.75, 3.05) is 20.3 Å². The third kappa shape index (κ3) is 5.35. The third-order valence-corrected chi connectivity index (χ3v) is 9.54. The lowest BCUT2D eigenvalue weighted by Gasteiger charge is -2.54. The van der Waals surface area contributed by atoms with Crippen LogP contribution in [0.5, 0.6) is 0 Å². The van der Waals surface area contributed by atoms with Crippen molar-refractivity contribution in [2.45, 2.75) is 94.8 Å². The van der Waals surface area contributed by atoms with Gasteiger partial charge in [-0.25, -0.2) is 4.98 Å². The predicted molar refractivity (Wildman–Crippen MR) is 148 cm³/mol. The van der Waals surface area contributed by atoms with Crippen molar-refractivity contribution in [2.24, 2.45) is 17.0 Å². The zero-order valence-electron chi connectivity index (χ0n) is 22.8. The van der Waals surface area contributed by atoms with Gasteiger partial charge in [-0.1, -0.05) is 43.0 Å². The summed E-state index contributed by atoms with van der Waals surface area (Å²) in [6.45, 7) is 1.41. The minimum atomic E-state index is -0.956. The van der Waals surface area contributed by atoms with E-state index in [0.717, 1.165) is 30.2 Å². The Balaban J connectivity index is 1.34. The molecule has 9 heteroatoms. The van der Waals surface area contributed by atoms with E-state index in [1.165, 1.54) is 52.1 Å². The average molecular weight is 537 g/mol. The third-order valence-electron chi connectivity index (χ3n) is 9.54. The van der Waals surface area contributed by atoms with Crippen LogP contribution in [0, 0.1) is 11.8 Å². The number of piperidine rings is 1. The molecule has 2 saturated heterocycles. The summed E-state index contributed by atoms with van der Waals surface area (Å²) in [4.78, 5) is 37.8. The maximum Gasteiger partial charge on any atom is 0.303 e. The van der Waals surface area contributed by atoms with Crippen LogP contribution in [0.3, 0.4) is 0 Å². The van der Waals surface area contributed by atoms with E-state index in [2.05, 4.69) is 15.0 Å². The lowest BCUT2D eigenvalue weighted by Crippen LogP contribution is -2.62. The molecule has 1 unspecified atom stereocenters. The summed E-state index contributed by atoms with van der Waals surface area (Å²) in [6.07, 6.45) is 11.2. The van der Waals surface area contributed by atoms with Crippen molar-refractivity contribution < 1.29 is 19.5 Å². The molecule has 2 saturated carbocycles. The number of hydrogen-bond acceptors (Lipinski definition) is 7. The molecule has 1 aromatic heterocycles. The van der Waals surface area contributed by atoms with Crippen LogP contribution >= 0.6 is 0 Å². The summed E-state index contributed by atoms with van der Waals surface area (Å²) < 4.78 is 8.00. The van der Waals surface area contributed by atoms with Crippen LogP contribution in [0.25, 0.3) is 11.0 Å². The highest BCUT2D eigenvalue weighted by Crippen LogP contribution is 2.44. The average Bonchev–Trinajstić information content (AvgIpc) is 3.09. The maximum atomic E-state index is 14.1. The normalized spacial score (nSPS) is 31.6. The van der Waals surface area contributed by atoms with E-state index >= 15 is 0 Å². The van der Waals surface area contributed by atoms with Crippen molar-refractivity contribution in [3.8, 4) is 0 Å². The molecule has 210 valence electrons. The number of aliphatic carboxylic acids is 1. The summed E-state index contributed by atoms with van der Waals surface area (Å²) >= 11 is 0. The van der Waals surface area contributed by atoms with Crippen LogP contribution in [0.4, 0.5) is 0 Å². The number of benzene rings is 1. The van der Waals surface area contributed by atoms with Crippen molar-refractivity contribution in [1.29, 1.82) is 0 Å². The molecule has 4 fully saturated rings. The summed E-state index contributed by atoms with van der Waals surface area (Å²) in [6, 6.07) is 8.91. The fourth-order valence-corrected chi connectivity index (χ4v) is 8.08. The maximum absolute atomic E-state index is 14.1. The predicted octanol–water partition coefficient (Wildman–Crippen LogP) is 4.38. The number of morpholine rings is 1. The number of aromatic nitrogens is 2. The minimum absolute atomic E-state index is 0.00781. The van der Waals surface area contributed by atoms with Gasteiger partial charge in [0.2, 0.25) is 0 Å². The van der Waals surface area contributed by atoms with Crippen LogP contribution in [0.2, 0.25) is 0 Å². The van der Waals surface area contributed by atoms with Crippen LogP contribution < -0.4 is 5.56 Å². The van der Waals surface area contributed by atoms with E-state index in [-0.39, 0.29) is 47.9 Å². The molecule has 1 aromatic carbocycles. The smallest absolute Gasteiger partial charge is 0.303 e. The number of carboxylic acids is 1. The first-order valence-corrected chi connectivity index (χ1v) is 14.7. The Labute approximate surface area is 229 Å². The Morgan fingerprint density at radius 1 is 1.00 bits per heavy atom. The number of hydrogen-bond donors (Lipinski definition) is 1. The van der Waals surface area contributed by atoms with E-state index < -0.39 is 5.97 Å². The first kappa shape index (κ1) is 26.4. The Bertz CT molecular complexity index is 1260. The molecule has 3 heterocycles. The Morgan fingerprint density at radius 3 is 2.36 bits per heavy atom. The molecular formula is C30H40N4O5. The molecule has 9 nitrogen and oxygen atoms in total. The van der Waals surface area contributed by atoms with E-state index in [1.54, 1.807) is 0 Å². The van der Waals surface area contributed by atoms with Gasteiger partial charge in [-0.05, 0) is 56.1 Å². The van der Waals surface area contributed by atoms with Crippen LogP contribution in [-0.4, -0.2) is 69.7 Å². The molecule has 2 aliphatic heterocycles. The van der Waals surface area contributed by atoms with Gasteiger partial charge in [0.15, 0.2) is 5.69 Å². The Morgan fingerprint density at radius 2 is 1.69 bits per heavy atom. The van der Waals surface area contributed by atoms with Crippen molar-refractivity contribution in [3.05, 3.63) is 40.3 Å². The second-order valence-electron chi connectivity index (χ2n) is 12.0. The summed E-state index contributed by atoms with van der Waals surface area (Å²) in [5.41, 5.74) is 1.73. The number of rotatable bonds is 7. The fraction of sp³-hybridized carbons (Fsp3) is 0.667. The highest BCUT2D eigenvalue weighted by atomic mass is 16.6. The van der Waals surface area contributed by atoms with Gasteiger partial charge in [-0.3, -0.25) is 14.5 Å². The van der Waals surface area contributed by atoms with Crippen LogP contribution in [0.15, 0.2) is 34.2 Å². The SMILES string of the molecule is CON=C(CCC(=O)O)c1nc2ccccc2n(C2C[C@H]3COC[C@H](C2)N3[C@@H]2CC3CCCC[C@H](C3)C2)c1=O. The summed E-state index contributed by atoms with van der Waals surface area (Å²) in [5, 5.41) is 13.3. The van der Waals surface area contributed by atoms with E-state index in [0.29, 0.717) is 24.8 Å². The molecular weight excluding hydrogens is 496 g/mol. The monoisotopic (exact) mass is 536 g/mol. The van der Waals surface area contributed by atoms with Gasteiger partial charge in [-0.15, -0.1) is 0 Å². The van der Waals surface area contributed by atoms with Gasteiger partial charge in [0.1, 0.15) is 12.8 Å². The van der Waals surface area contributed by atoms with Crippen molar-refractivity contribution in [1.82, 2.24) is 14.5 Å². The molecule has 5 atom stereocenters. The van der Waals surface area contributed by atoms with E-state index in [1.807, 2.05) is 28.8 Å². The largest absolute Gasteiger partial charge is 0.481 e. The number of carbonyl (C=O) groups is 1. The van der Waals surface area contributed by atoms with Crippen molar-refractivity contribution >= 4 is 22.7 Å². The zero-order valence-corrected chi connectivity index (χ0v) is 22.8. The Kier molecular flexibility index (Phi) is 7.71. The molecule has 1 N–H and O–H groups in total. The van der Waals surface area contributed by atoms with Gasteiger partial charge in [0.25, 0.3) is 5.56 Å². The second-order valence-corrected chi connectivity index (χ2v) is 12.0.